The minimum Gasteiger partial charge on any atom is -0.391 e. The van der Waals surface area contributed by atoms with Crippen LogP contribution in [-0.2, 0) is 40.6 Å². The molecule has 0 saturated heterocycles. The summed E-state index contributed by atoms with van der Waals surface area (Å²) >= 11 is 20.6. The van der Waals surface area contributed by atoms with E-state index in [4.69, 9.17) is 46.4 Å². The summed E-state index contributed by atoms with van der Waals surface area (Å²) in [4.78, 5) is 109. The number of alkyl halides is 1. The van der Waals surface area contributed by atoms with E-state index in [0.29, 0.717) is 55.1 Å². The maximum Gasteiger partial charge on any atom is 0.437 e. The minimum atomic E-state index is -0.541. The molecule has 0 radical (unpaired) electrons. The second-order valence-electron chi connectivity index (χ2n) is 18.7. The van der Waals surface area contributed by atoms with E-state index in [9.17, 15) is 28.8 Å². The molecule has 28 nitrogen and oxygen atoms in total. The van der Waals surface area contributed by atoms with Crippen LogP contribution in [0, 0.1) is 0 Å². The molecule has 0 amide bonds. The number of hydrogen-bond acceptors (Lipinski definition) is 18. The molecule has 14 rings (SSSR count). The van der Waals surface area contributed by atoms with Gasteiger partial charge in [0.15, 0.2) is 49.4 Å². The molecule has 10 aromatic heterocycles. The van der Waals surface area contributed by atoms with Gasteiger partial charge in [-0.1, -0.05) is 47.5 Å². The molecule has 0 bridgehead atoms. The Morgan fingerprint density at radius 3 is 1.50 bits per heavy atom. The number of nitrogens with zero attached hydrogens (tertiary/aromatic N) is 17. The van der Waals surface area contributed by atoms with E-state index in [1.54, 1.807) is 43.7 Å². The van der Waals surface area contributed by atoms with E-state index in [-0.39, 0.29) is 82.3 Å². The zero-order chi connectivity index (χ0) is 59.7. The van der Waals surface area contributed by atoms with Gasteiger partial charge in [-0.2, -0.15) is 9.36 Å². The van der Waals surface area contributed by atoms with E-state index in [1.807, 2.05) is 48.5 Å². The van der Waals surface area contributed by atoms with Crippen LogP contribution < -0.4 is 33.7 Å². The van der Waals surface area contributed by atoms with Gasteiger partial charge in [-0.25, -0.2) is 49.5 Å². The Kier molecular flexibility index (Phi) is 15.7. The lowest BCUT2D eigenvalue weighted by atomic mass is 9.76. The number of aryl methyl sites for hydroxylation is 4. The molecular weight excluding hydrogens is 1190 g/mol. The number of hydrogen-bond donors (Lipinski definition) is 3. The van der Waals surface area contributed by atoms with Gasteiger partial charge in [0.1, 0.15) is 21.5 Å². The normalized spacial score (nSPS) is 16.6. The molecule has 0 atom stereocenters. The topological polar surface area (TPSA) is 339 Å². The molecule has 2 aromatic carbocycles. The fraction of sp³-hybridized carbons (Fsp3) is 0.280. The summed E-state index contributed by atoms with van der Waals surface area (Å²) in [5, 5.41) is 9.79. The molecule has 2 saturated carbocycles. The van der Waals surface area contributed by atoms with Gasteiger partial charge >= 0.3 is 11.5 Å². The van der Waals surface area contributed by atoms with Crippen molar-refractivity contribution in [2.75, 3.05) is 0 Å². The van der Waals surface area contributed by atoms with Gasteiger partial charge in [0.05, 0.1) is 50.0 Å². The number of benzene rings is 2. The highest BCUT2D eigenvalue weighted by Crippen LogP contribution is 2.45. The molecule has 0 spiro atoms. The summed E-state index contributed by atoms with van der Waals surface area (Å²) in [7, 11) is 6.69. The third-order valence-electron chi connectivity index (χ3n) is 13.5. The Morgan fingerprint density at radius 2 is 1.01 bits per heavy atom. The van der Waals surface area contributed by atoms with Crippen LogP contribution in [0.4, 0.5) is 0 Å². The lowest BCUT2D eigenvalue weighted by Crippen LogP contribution is -2.31. The van der Waals surface area contributed by atoms with Crippen molar-refractivity contribution >= 4 is 95.4 Å². The maximum absolute atomic E-state index is 12.7. The average molecular weight is 1240 g/mol. The van der Waals surface area contributed by atoms with Gasteiger partial charge in [-0.05, 0) is 88.8 Å². The summed E-state index contributed by atoms with van der Waals surface area (Å²) in [6.45, 7) is -0.0319. The van der Waals surface area contributed by atoms with E-state index < -0.39 is 11.5 Å². The van der Waals surface area contributed by atoms with Crippen molar-refractivity contribution in [2.24, 2.45) is 28.2 Å². The Labute approximate surface area is 485 Å². The molecule has 12 aromatic rings. The van der Waals surface area contributed by atoms with Crippen molar-refractivity contribution in [3.63, 3.8) is 0 Å². The van der Waals surface area contributed by atoms with Crippen molar-refractivity contribution in [3.05, 3.63) is 193 Å². The van der Waals surface area contributed by atoms with Gasteiger partial charge in [-0.3, -0.25) is 23.7 Å². The van der Waals surface area contributed by atoms with E-state index in [0.717, 1.165) is 30.7 Å². The lowest BCUT2D eigenvalue weighted by Gasteiger charge is -2.34. The molecule has 0 aliphatic heterocycles. The second kappa shape index (κ2) is 24.0. The molecule has 82 heavy (non-hydrogen) atoms. The zero-order valence-corrected chi connectivity index (χ0v) is 47.3. The van der Waals surface area contributed by atoms with Crippen LogP contribution in [0.25, 0.3) is 44.7 Å². The van der Waals surface area contributed by atoms with Gasteiger partial charge in [0.2, 0.25) is 11.8 Å². The molecule has 2 aliphatic rings. The Bertz CT molecular complexity index is 4650. The van der Waals surface area contributed by atoms with Crippen LogP contribution in [0.3, 0.4) is 0 Å². The molecule has 2 aliphatic carbocycles. The van der Waals surface area contributed by atoms with Crippen molar-refractivity contribution < 1.29 is 11.6 Å². The third kappa shape index (κ3) is 11.9. The van der Waals surface area contributed by atoms with Crippen molar-refractivity contribution in [1.82, 2.24) is 97.2 Å². The number of rotatable bonds is 7. The third-order valence-corrected chi connectivity index (χ3v) is 14.9. The van der Waals surface area contributed by atoms with Gasteiger partial charge in [0.25, 0.3) is 22.2 Å². The molecule has 2 fully saturated rings. The van der Waals surface area contributed by atoms with Crippen LogP contribution >= 0.6 is 50.7 Å². The van der Waals surface area contributed by atoms with Crippen molar-refractivity contribution in [3.8, 4) is 0 Å². The number of nitrogens with one attached hydrogen (secondary N) is 3. The van der Waals surface area contributed by atoms with Gasteiger partial charge in [0, 0.05) is 38.2 Å². The standard InChI is InChI=1S/C19H17ClN6O3.C13H12Cl2N2O2.C6H5BrN4O.2C6H6N4O/c1-24-9-21-17-16(24)18(27)25(10-22-17)8-15-23-26(19(28)29-15)14-6-12(7-14)11-2-4-13(20)5-3-11;14-7-12-16-17(13(18)19-12)11-5-9(6-11)8-1-3-10(15)4-2-8;1-11-3-4(10-6(11)7)8-2-9-5(3)12;2*1-10-3-9-5-4(10)6(11)8-2-7-5/h2-5,9-10,12,14H,6-8H2,1H3;1-4,9,11H,5-7H2;2H,1H3,(H,8,9,12);2*2-3H,1H3,(H,7,8,11)/i9D;;;3D;. The first-order chi connectivity index (χ1) is 40.3. The molecule has 32 heteroatoms. The highest BCUT2D eigenvalue weighted by Gasteiger charge is 2.35. The highest BCUT2D eigenvalue weighted by atomic mass is 79.9. The molecule has 422 valence electrons. The number of H-pyrrole nitrogens is 3. The predicted octanol–water partition coefficient (Wildman–Crippen LogP) is 5.18. The summed E-state index contributed by atoms with van der Waals surface area (Å²) in [5.74, 6) is 0.363. The summed E-state index contributed by atoms with van der Waals surface area (Å²) in [6, 6.07) is 15.6. The Balaban J connectivity index is 0.000000125. The number of fused-ring (bicyclic) bond motifs is 4. The minimum absolute atomic E-state index is 0.0319. The summed E-state index contributed by atoms with van der Waals surface area (Å²) < 4.78 is 35.9. The Morgan fingerprint density at radius 1 is 0.573 bits per heavy atom. The molecular formula is C50H46BrCl3N20O8. The van der Waals surface area contributed by atoms with E-state index in [1.165, 1.54) is 59.5 Å². The molecule has 10 heterocycles. The molecule has 0 unspecified atom stereocenters. The van der Waals surface area contributed by atoms with E-state index >= 15 is 0 Å². The number of aromatic amines is 3. The average Bonchev–Trinajstić information content (AvgIpc) is 3.41. The SMILES string of the molecule is Cn1c(Br)nc2nc[nH]c(=O)c21.Cn1cnc2nc[nH]c(=O)c21.O=c1oc(CCl)nn1C1CC(c2ccc(Cl)cc2)C1.[2H]c1nc2nc[nH]c(=O)c2n1C.[2H]c1nc2ncn(Cc3nn(C4CC(c5ccc(Cl)cc5)C4)c(=O)o3)c(=O)c2n1C. The van der Waals surface area contributed by atoms with Gasteiger partial charge in [-0.15, -0.1) is 21.8 Å². The largest absolute Gasteiger partial charge is 0.437 e. The van der Waals surface area contributed by atoms with Crippen LogP contribution in [0.15, 0.2) is 135 Å². The summed E-state index contributed by atoms with van der Waals surface area (Å²) in [5.41, 5.74) is 4.43. The zero-order valence-electron chi connectivity index (χ0n) is 45.4. The quantitative estimate of drug-likeness (QED) is 0.137. The van der Waals surface area contributed by atoms with Crippen LogP contribution in [0.1, 0.15) is 75.3 Å². The van der Waals surface area contributed by atoms with Gasteiger partial charge < -0.3 is 42.1 Å². The fourth-order valence-electron chi connectivity index (χ4n) is 9.06. The van der Waals surface area contributed by atoms with Crippen LogP contribution in [-0.4, -0.2) is 97.2 Å². The van der Waals surface area contributed by atoms with Crippen molar-refractivity contribution in [1.29, 1.82) is 0 Å². The predicted molar refractivity (Wildman–Crippen MR) is 303 cm³/mol. The number of aromatic nitrogens is 20. The second-order valence-corrected chi connectivity index (χ2v) is 20.5. The first-order valence-electron chi connectivity index (χ1n) is 25.7. The first kappa shape index (κ1) is 53.7. The molecule has 3 N–H and O–H groups in total. The Hall–Kier alpha value is -8.93. The number of halogens is 4. The van der Waals surface area contributed by atoms with E-state index in [2.05, 4.69) is 81.0 Å². The van der Waals surface area contributed by atoms with Crippen molar-refractivity contribution in [2.45, 2.75) is 62.0 Å². The van der Waals surface area contributed by atoms with Crippen LogP contribution in [0.2, 0.25) is 10.0 Å². The lowest BCUT2D eigenvalue weighted by molar-refractivity contribution is 0.233. The van der Waals surface area contributed by atoms with Crippen LogP contribution in [0.5, 0.6) is 0 Å². The number of imidazole rings is 4. The highest BCUT2D eigenvalue weighted by molar-refractivity contribution is 9.10. The summed E-state index contributed by atoms with van der Waals surface area (Å²) in [6.07, 6.45) is 10.1. The monoisotopic (exact) mass is 1240 g/mol. The fourth-order valence-corrected chi connectivity index (χ4v) is 9.76. The maximum atomic E-state index is 12.7. The smallest absolute Gasteiger partial charge is 0.391 e. The first-order valence-corrected chi connectivity index (χ1v) is 26.7.